The monoisotopic (exact) mass is 378 g/mol. The third-order valence-electron chi connectivity index (χ3n) is 5.01. The highest BCUT2D eigenvalue weighted by Gasteiger charge is 2.10. The van der Waals surface area contributed by atoms with E-state index >= 15 is 0 Å². The van der Waals surface area contributed by atoms with Gasteiger partial charge in [-0.05, 0) is 59.0 Å². The number of benzene rings is 4. The molecule has 0 saturated carbocycles. The highest BCUT2D eigenvalue weighted by Crippen LogP contribution is 2.35. The molecule has 0 amide bonds. The van der Waals surface area contributed by atoms with Gasteiger partial charge in [0.1, 0.15) is 5.75 Å². The van der Waals surface area contributed by atoms with Crippen molar-refractivity contribution in [2.24, 2.45) is 0 Å². The minimum absolute atomic E-state index is 0.381. The number of esters is 1. The van der Waals surface area contributed by atoms with Crippen LogP contribution in [0.25, 0.3) is 33.0 Å². The van der Waals surface area contributed by atoms with Crippen molar-refractivity contribution >= 4 is 16.7 Å². The zero-order valence-electron chi connectivity index (χ0n) is 16.6. The summed E-state index contributed by atoms with van der Waals surface area (Å²) < 4.78 is 5.30. The van der Waals surface area contributed by atoms with Gasteiger partial charge in [0.15, 0.2) is 0 Å². The number of fused-ring (bicyclic) bond motifs is 1. The molecule has 0 aliphatic heterocycles. The second-order valence-corrected chi connectivity index (χ2v) is 7.27. The van der Waals surface area contributed by atoms with E-state index in [0.29, 0.717) is 11.3 Å². The molecule has 0 saturated heterocycles. The lowest BCUT2D eigenvalue weighted by molar-refractivity contribution is -0.130. The van der Waals surface area contributed by atoms with Crippen molar-refractivity contribution in [1.82, 2.24) is 0 Å². The molecule has 4 rings (SSSR count). The minimum Gasteiger partial charge on any atom is -0.423 e. The second-order valence-electron chi connectivity index (χ2n) is 7.27. The largest absolute Gasteiger partial charge is 0.423 e. The van der Waals surface area contributed by atoms with Gasteiger partial charge in [-0.1, -0.05) is 84.9 Å². The van der Waals surface area contributed by atoms with Gasteiger partial charge in [0.25, 0.3) is 0 Å². The quantitative estimate of drug-likeness (QED) is 0.218. The molecule has 0 heterocycles. The first-order valence-corrected chi connectivity index (χ1v) is 9.60. The van der Waals surface area contributed by atoms with E-state index in [-0.39, 0.29) is 0 Å². The van der Waals surface area contributed by atoms with Crippen LogP contribution < -0.4 is 4.74 Å². The highest BCUT2D eigenvalue weighted by atomic mass is 16.5. The number of carbonyl (C=O) groups excluding carboxylic acids is 1. The molecule has 0 bridgehead atoms. The molecule has 29 heavy (non-hydrogen) atoms. The van der Waals surface area contributed by atoms with Gasteiger partial charge in [-0.15, -0.1) is 0 Å². The van der Waals surface area contributed by atoms with E-state index in [1.54, 1.807) is 6.92 Å². The van der Waals surface area contributed by atoms with E-state index in [1.165, 1.54) is 27.5 Å². The summed E-state index contributed by atoms with van der Waals surface area (Å²) in [7, 11) is 0. The molecule has 2 nitrogen and oxygen atoms in total. The number of carbonyl (C=O) groups is 1. The van der Waals surface area contributed by atoms with Gasteiger partial charge in [-0.3, -0.25) is 0 Å². The van der Waals surface area contributed by atoms with Crippen molar-refractivity contribution in [2.45, 2.75) is 13.8 Å². The molecule has 0 N–H and O–H groups in total. The number of rotatable bonds is 4. The summed E-state index contributed by atoms with van der Waals surface area (Å²) in [6, 6.07) is 29.0. The van der Waals surface area contributed by atoms with Gasteiger partial charge in [-0.2, -0.15) is 0 Å². The lowest BCUT2D eigenvalue weighted by Gasteiger charge is -2.12. The van der Waals surface area contributed by atoms with Crippen molar-refractivity contribution in [3.8, 4) is 28.0 Å². The van der Waals surface area contributed by atoms with Crippen LogP contribution in [0.1, 0.15) is 12.5 Å². The smallest absolute Gasteiger partial charge is 0.338 e. The van der Waals surface area contributed by atoms with Crippen molar-refractivity contribution in [3.63, 3.8) is 0 Å². The summed E-state index contributed by atoms with van der Waals surface area (Å²) in [6.45, 7) is 7.35. The third-order valence-corrected chi connectivity index (χ3v) is 5.01. The first-order chi connectivity index (χ1) is 14.0. The van der Waals surface area contributed by atoms with Gasteiger partial charge < -0.3 is 4.74 Å². The molecule has 0 aliphatic rings. The second kappa shape index (κ2) is 7.76. The molecule has 0 aromatic heterocycles. The minimum atomic E-state index is -0.411. The fourth-order valence-corrected chi connectivity index (χ4v) is 3.44. The number of aryl methyl sites for hydroxylation is 1. The maximum Gasteiger partial charge on any atom is 0.338 e. The molecule has 142 valence electrons. The number of ether oxygens (including phenoxy) is 1. The fraction of sp³-hybridized carbons (Fsp3) is 0.0741. The Morgan fingerprint density at radius 3 is 1.69 bits per heavy atom. The molecule has 0 spiro atoms. The van der Waals surface area contributed by atoms with Crippen LogP contribution in [-0.2, 0) is 4.79 Å². The zero-order chi connectivity index (χ0) is 20.4. The Kier molecular flexibility index (Phi) is 5.01. The van der Waals surface area contributed by atoms with E-state index in [0.717, 1.165) is 11.1 Å². The first kappa shape index (κ1) is 18.7. The Bertz CT molecular complexity index is 1200. The lowest BCUT2D eigenvalue weighted by Crippen LogP contribution is -2.07. The molecular formula is C27H22O2. The third kappa shape index (κ3) is 3.83. The van der Waals surface area contributed by atoms with Crippen molar-refractivity contribution in [2.75, 3.05) is 0 Å². The van der Waals surface area contributed by atoms with Crippen LogP contribution in [0.2, 0.25) is 0 Å². The van der Waals surface area contributed by atoms with E-state index < -0.39 is 5.97 Å². The molecule has 0 aliphatic carbocycles. The Labute approximate surface area is 171 Å². The SMILES string of the molecule is C=C(C)C(=O)Oc1ccc(-c2cccc3c(-c4ccc(C)cc4)cccc23)cc1. The molecule has 0 fully saturated rings. The van der Waals surface area contributed by atoms with Gasteiger partial charge >= 0.3 is 5.97 Å². The summed E-state index contributed by atoms with van der Waals surface area (Å²) in [5.74, 6) is 0.105. The van der Waals surface area contributed by atoms with E-state index in [9.17, 15) is 4.79 Å². The molecule has 4 aromatic carbocycles. The molecule has 0 unspecified atom stereocenters. The van der Waals surface area contributed by atoms with Crippen LogP contribution in [-0.4, -0.2) is 5.97 Å². The normalized spacial score (nSPS) is 10.7. The maximum atomic E-state index is 11.7. The Morgan fingerprint density at radius 1 is 0.724 bits per heavy atom. The summed E-state index contributed by atoms with van der Waals surface area (Å²) in [4.78, 5) is 11.7. The number of hydrogen-bond acceptors (Lipinski definition) is 2. The zero-order valence-corrected chi connectivity index (χ0v) is 16.6. The molecule has 0 atom stereocenters. The van der Waals surface area contributed by atoms with Gasteiger partial charge in [0.05, 0.1) is 0 Å². The molecule has 0 radical (unpaired) electrons. The maximum absolute atomic E-state index is 11.7. The number of hydrogen-bond donors (Lipinski definition) is 0. The van der Waals surface area contributed by atoms with Crippen molar-refractivity contribution in [1.29, 1.82) is 0 Å². The van der Waals surface area contributed by atoms with Crippen LogP contribution in [0, 0.1) is 6.92 Å². The van der Waals surface area contributed by atoms with Gasteiger partial charge in [0, 0.05) is 5.57 Å². The van der Waals surface area contributed by atoms with E-state index in [1.807, 2.05) is 24.3 Å². The predicted molar refractivity (Wildman–Crippen MR) is 120 cm³/mol. The van der Waals surface area contributed by atoms with Crippen LogP contribution in [0.15, 0.2) is 97.1 Å². The van der Waals surface area contributed by atoms with E-state index in [2.05, 4.69) is 74.2 Å². The summed E-state index contributed by atoms with van der Waals surface area (Å²) >= 11 is 0. The van der Waals surface area contributed by atoms with Crippen molar-refractivity contribution in [3.05, 3.63) is 103 Å². The topological polar surface area (TPSA) is 26.3 Å². The first-order valence-electron chi connectivity index (χ1n) is 9.60. The standard InChI is InChI=1S/C27H22O2/c1-18(2)27(28)29-22-16-14-21(15-17-22)24-7-5-8-25-23(6-4-9-26(24)25)20-12-10-19(3)11-13-20/h4-17H,1H2,2-3H3. The Morgan fingerprint density at radius 2 is 1.21 bits per heavy atom. The van der Waals surface area contributed by atoms with E-state index in [4.69, 9.17) is 4.74 Å². The Balaban J connectivity index is 1.75. The average Bonchev–Trinajstić information content (AvgIpc) is 2.74. The van der Waals surface area contributed by atoms with Crippen LogP contribution in [0.4, 0.5) is 0 Å². The van der Waals surface area contributed by atoms with Crippen LogP contribution in [0.5, 0.6) is 5.75 Å². The summed E-state index contributed by atoms with van der Waals surface area (Å²) in [6.07, 6.45) is 0. The Hall–Kier alpha value is -3.65. The highest BCUT2D eigenvalue weighted by molar-refractivity contribution is 6.04. The summed E-state index contributed by atoms with van der Waals surface area (Å²) in [5, 5.41) is 2.41. The average molecular weight is 378 g/mol. The van der Waals surface area contributed by atoms with Gasteiger partial charge in [0.2, 0.25) is 0 Å². The lowest BCUT2D eigenvalue weighted by atomic mass is 9.93. The van der Waals surface area contributed by atoms with Crippen LogP contribution >= 0.6 is 0 Å². The van der Waals surface area contributed by atoms with Crippen molar-refractivity contribution < 1.29 is 9.53 Å². The van der Waals surface area contributed by atoms with Gasteiger partial charge in [-0.25, -0.2) is 4.79 Å². The molecule has 2 heteroatoms. The fourth-order valence-electron chi connectivity index (χ4n) is 3.44. The van der Waals surface area contributed by atoms with Crippen LogP contribution in [0.3, 0.4) is 0 Å². The summed E-state index contributed by atoms with van der Waals surface area (Å²) in [5.41, 5.74) is 6.28. The molecule has 4 aromatic rings. The predicted octanol–water partition coefficient (Wildman–Crippen LogP) is 6.96. The molecular weight excluding hydrogens is 356 g/mol.